The monoisotopic (exact) mass is 192 g/mol. The fraction of sp³-hybridized carbons (Fsp3) is 0.111. The van der Waals surface area contributed by atoms with Crippen LogP contribution >= 0.6 is 11.3 Å². The van der Waals surface area contributed by atoms with Gasteiger partial charge in [0.15, 0.2) is 0 Å². The largest absolute Gasteiger partial charge is 0.445 e. The summed E-state index contributed by atoms with van der Waals surface area (Å²) in [5.74, 6) is 0. The van der Waals surface area contributed by atoms with Crippen molar-refractivity contribution in [1.29, 1.82) is 0 Å². The maximum atomic E-state index is 9.47. The van der Waals surface area contributed by atoms with Crippen molar-refractivity contribution in [3.8, 4) is 0 Å². The summed E-state index contributed by atoms with van der Waals surface area (Å²) in [5, 5.41) is 21.2. The SMILES string of the molecule is OCB(O)c1csc2ccccc12. The number of hydrogen-bond donors (Lipinski definition) is 2. The summed E-state index contributed by atoms with van der Waals surface area (Å²) in [6.45, 7) is -0.975. The predicted molar refractivity (Wildman–Crippen MR) is 56.5 cm³/mol. The van der Waals surface area contributed by atoms with Gasteiger partial charge in [0.05, 0.1) is 6.51 Å². The Morgan fingerprint density at radius 1 is 1.31 bits per heavy atom. The zero-order chi connectivity index (χ0) is 9.26. The fourth-order valence-electron chi connectivity index (χ4n) is 1.35. The Morgan fingerprint density at radius 3 is 2.85 bits per heavy atom. The first-order chi connectivity index (χ1) is 6.33. The first kappa shape index (κ1) is 8.75. The van der Waals surface area contributed by atoms with Gasteiger partial charge >= 0.3 is 6.92 Å². The van der Waals surface area contributed by atoms with Crippen molar-refractivity contribution < 1.29 is 10.1 Å². The zero-order valence-corrected chi connectivity index (χ0v) is 7.79. The lowest BCUT2D eigenvalue weighted by molar-refractivity contribution is 0.343. The molecule has 2 rings (SSSR count). The van der Waals surface area contributed by atoms with Gasteiger partial charge in [0, 0.05) is 4.70 Å². The Morgan fingerprint density at radius 2 is 2.08 bits per heavy atom. The number of benzene rings is 1. The van der Waals surface area contributed by atoms with Crippen LogP contribution in [0.5, 0.6) is 0 Å². The number of aliphatic hydroxyl groups excluding tert-OH is 1. The molecular weight excluding hydrogens is 183 g/mol. The Labute approximate surface area is 80.6 Å². The number of fused-ring (bicyclic) bond motifs is 1. The van der Waals surface area contributed by atoms with Crippen LogP contribution in [0.15, 0.2) is 29.6 Å². The first-order valence-corrected chi connectivity index (χ1v) is 4.96. The van der Waals surface area contributed by atoms with Gasteiger partial charge < -0.3 is 10.1 Å². The highest BCUT2D eigenvalue weighted by molar-refractivity contribution is 7.18. The summed E-state index contributed by atoms with van der Waals surface area (Å²) in [5.41, 5.74) is 0.822. The number of thiophene rings is 1. The van der Waals surface area contributed by atoms with Crippen molar-refractivity contribution in [1.82, 2.24) is 0 Å². The normalized spacial score (nSPS) is 10.6. The minimum atomic E-state index is -0.754. The number of hydrogen-bond acceptors (Lipinski definition) is 3. The van der Waals surface area contributed by atoms with E-state index in [2.05, 4.69) is 0 Å². The number of aliphatic hydroxyl groups is 1. The number of rotatable bonds is 2. The van der Waals surface area contributed by atoms with Crippen molar-refractivity contribution in [3.05, 3.63) is 29.6 Å². The van der Waals surface area contributed by atoms with Crippen molar-refractivity contribution in [2.24, 2.45) is 0 Å². The molecule has 0 aliphatic heterocycles. The molecule has 13 heavy (non-hydrogen) atoms. The van der Waals surface area contributed by atoms with E-state index in [9.17, 15) is 5.02 Å². The Bertz CT molecular complexity index is 413. The van der Waals surface area contributed by atoms with Gasteiger partial charge in [-0.2, -0.15) is 0 Å². The molecule has 0 spiro atoms. The molecule has 0 bridgehead atoms. The fourth-order valence-corrected chi connectivity index (χ4v) is 2.36. The minimum absolute atomic E-state index is 0.222. The highest BCUT2D eigenvalue weighted by Crippen LogP contribution is 2.18. The Kier molecular flexibility index (Phi) is 2.35. The van der Waals surface area contributed by atoms with E-state index >= 15 is 0 Å². The second kappa shape index (κ2) is 3.50. The van der Waals surface area contributed by atoms with Crippen LogP contribution in [0.3, 0.4) is 0 Å². The van der Waals surface area contributed by atoms with Crippen LogP contribution in [0.4, 0.5) is 0 Å². The first-order valence-electron chi connectivity index (χ1n) is 4.08. The standard InChI is InChI=1S/C9H9BO2S/c11-6-10(12)8-5-13-9-4-2-1-3-7(8)9/h1-5,11-12H,6H2. The van der Waals surface area contributed by atoms with Gasteiger partial charge in [0.2, 0.25) is 0 Å². The van der Waals surface area contributed by atoms with E-state index in [1.807, 2.05) is 29.6 Å². The summed E-state index contributed by atoms with van der Waals surface area (Å²) in [4.78, 5) is 0. The average Bonchev–Trinajstić information content (AvgIpc) is 2.60. The van der Waals surface area contributed by atoms with Crippen LogP contribution in [0.1, 0.15) is 0 Å². The average molecular weight is 192 g/mol. The molecule has 0 radical (unpaired) electrons. The highest BCUT2D eigenvalue weighted by Gasteiger charge is 2.16. The quantitative estimate of drug-likeness (QED) is 0.685. The van der Waals surface area contributed by atoms with Gasteiger partial charge in [-0.15, -0.1) is 11.3 Å². The predicted octanol–water partition coefficient (Wildman–Crippen LogP) is 0.624. The summed E-state index contributed by atoms with van der Waals surface area (Å²) >= 11 is 1.59. The Hall–Kier alpha value is -0.835. The van der Waals surface area contributed by atoms with Crippen LogP contribution in [-0.2, 0) is 0 Å². The van der Waals surface area contributed by atoms with Crippen LogP contribution < -0.4 is 5.46 Å². The highest BCUT2D eigenvalue weighted by atomic mass is 32.1. The van der Waals surface area contributed by atoms with Crippen molar-refractivity contribution in [2.75, 3.05) is 6.51 Å². The van der Waals surface area contributed by atoms with E-state index in [0.717, 1.165) is 15.5 Å². The molecule has 1 aromatic heterocycles. The van der Waals surface area contributed by atoms with E-state index in [1.54, 1.807) is 11.3 Å². The van der Waals surface area contributed by atoms with Crippen LogP contribution in [0.25, 0.3) is 10.1 Å². The summed E-state index contributed by atoms with van der Waals surface area (Å²) in [7, 11) is 0. The topological polar surface area (TPSA) is 40.5 Å². The van der Waals surface area contributed by atoms with E-state index < -0.39 is 6.92 Å². The maximum absolute atomic E-state index is 9.47. The molecule has 0 fully saturated rings. The molecule has 0 saturated heterocycles. The molecule has 2 nitrogen and oxygen atoms in total. The van der Waals surface area contributed by atoms with Gasteiger partial charge in [-0.1, -0.05) is 18.2 Å². The summed E-state index contributed by atoms with van der Waals surface area (Å²) in [6.07, 6.45) is 0. The van der Waals surface area contributed by atoms with Gasteiger partial charge in [-0.25, -0.2) is 0 Å². The molecule has 0 aliphatic carbocycles. The van der Waals surface area contributed by atoms with Crippen molar-refractivity contribution >= 4 is 33.8 Å². The zero-order valence-electron chi connectivity index (χ0n) is 6.97. The molecule has 2 N–H and O–H groups in total. The molecule has 0 atom stereocenters. The molecule has 0 saturated carbocycles. The second-order valence-electron chi connectivity index (χ2n) is 2.89. The molecule has 0 unspecified atom stereocenters. The van der Waals surface area contributed by atoms with E-state index in [1.165, 1.54) is 0 Å². The molecule has 0 amide bonds. The van der Waals surface area contributed by atoms with Gasteiger partial charge in [-0.3, -0.25) is 0 Å². The van der Waals surface area contributed by atoms with Crippen molar-refractivity contribution in [2.45, 2.75) is 0 Å². The van der Waals surface area contributed by atoms with E-state index in [4.69, 9.17) is 5.11 Å². The van der Waals surface area contributed by atoms with E-state index in [0.29, 0.717) is 0 Å². The van der Waals surface area contributed by atoms with Crippen molar-refractivity contribution in [3.63, 3.8) is 0 Å². The van der Waals surface area contributed by atoms with Crippen LogP contribution in [0, 0.1) is 0 Å². The van der Waals surface area contributed by atoms with Crippen LogP contribution in [0.2, 0.25) is 0 Å². The lowest BCUT2D eigenvalue weighted by Crippen LogP contribution is -2.33. The smallest absolute Gasteiger partial charge is 0.352 e. The summed E-state index contributed by atoms with van der Waals surface area (Å²) in [6, 6.07) is 7.87. The lowest BCUT2D eigenvalue weighted by Gasteiger charge is -1.99. The third-order valence-electron chi connectivity index (χ3n) is 2.04. The van der Waals surface area contributed by atoms with Crippen LogP contribution in [-0.4, -0.2) is 23.6 Å². The van der Waals surface area contributed by atoms with Gasteiger partial charge in [0.1, 0.15) is 0 Å². The molecule has 66 valence electrons. The molecule has 1 aromatic carbocycles. The second-order valence-corrected chi connectivity index (χ2v) is 3.80. The van der Waals surface area contributed by atoms with E-state index in [-0.39, 0.29) is 6.51 Å². The molecule has 2 aromatic rings. The third kappa shape index (κ3) is 1.48. The minimum Gasteiger partial charge on any atom is -0.445 e. The Balaban J connectivity index is 2.57. The van der Waals surface area contributed by atoms with Gasteiger partial charge in [-0.05, 0) is 22.3 Å². The molecule has 0 aliphatic rings. The molecular formula is C9H9BO2S. The van der Waals surface area contributed by atoms with Gasteiger partial charge in [0.25, 0.3) is 0 Å². The summed E-state index contributed by atoms with van der Waals surface area (Å²) < 4.78 is 1.14. The maximum Gasteiger partial charge on any atom is 0.352 e. The molecule has 1 heterocycles. The lowest BCUT2D eigenvalue weighted by atomic mass is 9.63. The third-order valence-corrected chi connectivity index (χ3v) is 3.02. The molecule has 4 heteroatoms.